The molecule has 0 aromatic carbocycles. The third-order valence-electron chi connectivity index (χ3n) is 2.33. The van der Waals surface area contributed by atoms with E-state index >= 15 is 0 Å². The lowest BCUT2D eigenvalue weighted by Gasteiger charge is -2.26. The lowest BCUT2D eigenvalue weighted by molar-refractivity contribution is -0.125. The van der Waals surface area contributed by atoms with Gasteiger partial charge in [0.25, 0.3) is 0 Å². The quantitative estimate of drug-likeness (QED) is 0.496. The van der Waals surface area contributed by atoms with Gasteiger partial charge in [0.2, 0.25) is 0 Å². The van der Waals surface area contributed by atoms with Gasteiger partial charge in [-0.05, 0) is 6.42 Å². The average Bonchev–Trinajstić information content (AvgIpc) is 2.36. The van der Waals surface area contributed by atoms with Gasteiger partial charge in [0.1, 0.15) is 0 Å². The zero-order valence-corrected chi connectivity index (χ0v) is 5.97. The molecule has 0 aromatic rings. The molecule has 2 aliphatic rings. The number of nitrogens with one attached hydrogen (secondary N) is 1. The summed E-state index contributed by atoms with van der Waals surface area (Å²) in [5, 5.41) is 3.20. The van der Waals surface area contributed by atoms with Gasteiger partial charge in [0.15, 0.2) is 5.78 Å². The Hall–Kier alpha value is -0.410. The van der Waals surface area contributed by atoms with Gasteiger partial charge in [-0.15, -0.1) is 0 Å². The van der Waals surface area contributed by atoms with E-state index in [-0.39, 0.29) is 6.04 Å². The summed E-state index contributed by atoms with van der Waals surface area (Å²) in [6.45, 7) is 2.89. The number of carbonyl (C=O) groups is 1. The second kappa shape index (κ2) is 2.32. The molecule has 1 atom stereocenters. The summed E-state index contributed by atoms with van der Waals surface area (Å²) in [6, 6.07) is 0.216. The van der Waals surface area contributed by atoms with Gasteiger partial charge in [-0.2, -0.15) is 0 Å². The molecule has 3 nitrogen and oxygen atoms in total. The van der Waals surface area contributed by atoms with Crippen molar-refractivity contribution in [3.63, 3.8) is 0 Å². The van der Waals surface area contributed by atoms with Gasteiger partial charge >= 0.3 is 0 Å². The molecule has 2 heterocycles. The van der Waals surface area contributed by atoms with Gasteiger partial charge in [0.05, 0.1) is 6.04 Å². The molecule has 2 rings (SSSR count). The number of hydrogen-bond acceptors (Lipinski definition) is 3. The summed E-state index contributed by atoms with van der Waals surface area (Å²) in [5.74, 6) is 0.427. The number of piperidine rings is 1. The minimum Gasteiger partial charge on any atom is -0.302 e. The Morgan fingerprint density at radius 2 is 2.50 bits per heavy atom. The van der Waals surface area contributed by atoms with E-state index in [9.17, 15) is 4.79 Å². The largest absolute Gasteiger partial charge is 0.302 e. The summed E-state index contributed by atoms with van der Waals surface area (Å²) in [6.07, 6.45) is 1.85. The topological polar surface area (TPSA) is 32.3 Å². The van der Waals surface area contributed by atoms with Crippen molar-refractivity contribution >= 4 is 5.78 Å². The van der Waals surface area contributed by atoms with Crippen LogP contribution in [0.3, 0.4) is 0 Å². The van der Waals surface area contributed by atoms with Gasteiger partial charge in [-0.3, -0.25) is 9.69 Å². The van der Waals surface area contributed by atoms with Gasteiger partial charge in [0, 0.05) is 26.2 Å². The summed E-state index contributed by atoms with van der Waals surface area (Å²) in [4.78, 5) is 13.4. The van der Waals surface area contributed by atoms with Crippen LogP contribution in [0.15, 0.2) is 0 Å². The Bertz CT molecular complexity index is 158. The first kappa shape index (κ1) is 6.31. The molecular formula is C7H12N2O. The molecular weight excluding hydrogens is 128 g/mol. The van der Waals surface area contributed by atoms with Crippen LogP contribution in [0.25, 0.3) is 0 Å². The van der Waals surface area contributed by atoms with Crippen molar-refractivity contribution in [2.24, 2.45) is 0 Å². The van der Waals surface area contributed by atoms with Gasteiger partial charge < -0.3 is 5.32 Å². The molecule has 2 aliphatic heterocycles. The normalized spacial score (nSPS) is 34.4. The van der Waals surface area contributed by atoms with Crippen LogP contribution in [0.2, 0.25) is 0 Å². The molecule has 2 fully saturated rings. The summed E-state index contributed by atoms with van der Waals surface area (Å²) in [5.41, 5.74) is 0. The monoisotopic (exact) mass is 140 g/mol. The summed E-state index contributed by atoms with van der Waals surface area (Å²) in [7, 11) is 0. The highest BCUT2D eigenvalue weighted by atomic mass is 16.1. The van der Waals surface area contributed by atoms with E-state index < -0.39 is 0 Å². The standard InChI is InChI=1S/C7H12N2O/c10-7-2-1-3-9-5-8-4-6(7)9/h6,8H,1-5H2. The van der Waals surface area contributed by atoms with Crippen LogP contribution >= 0.6 is 0 Å². The number of Topliss-reactive ketones (excluding diaryl/α,β-unsaturated/α-hetero) is 1. The molecule has 0 spiro atoms. The maximum absolute atomic E-state index is 11.2. The van der Waals surface area contributed by atoms with Crippen molar-refractivity contribution in [1.29, 1.82) is 0 Å². The van der Waals surface area contributed by atoms with E-state index in [0.29, 0.717) is 5.78 Å². The molecule has 0 saturated carbocycles. The third kappa shape index (κ3) is 0.859. The second-order valence-corrected chi connectivity index (χ2v) is 3.01. The predicted octanol–water partition coefficient (Wildman–Crippen LogP) is -0.419. The number of carbonyl (C=O) groups excluding carboxylic acids is 1. The Labute approximate surface area is 60.4 Å². The first-order valence-corrected chi connectivity index (χ1v) is 3.85. The number of ketones is 1. The highest BCUT2D eigenvalue weighted by molar-refractivity contribution is 5.85. The van der Waals surface area contributed by atoms with Crippen LogP contribution < -0.4 is 5.32 Å². The summed E-state index contributed by atoms with van der Waals surface area (Å²) < 4.78 is 0. The molecule has 0 radical (unpaired) electrons. The van der Waals surface area contributed by atoms with Crippen LogP contribution in [-0.2, 0) is 4.79 Å². The smallest absolute Gasteiger partial charge is 0.151 e. The van der Waals surface area contributed by atoms with Crippen molar-refractivity contribution < 1.29 is 4.79 Å². The fourth-order valence-corrected chi connectivity index (χ4v) is 1.76. The molecule has 10 heavy (non-hydrogen) atoms. The second-order valence-electron chi connectivity index (χ2n) is 3.01. The fraction of sp³-hybridized carbons (Fsp3) is 0.857. The molecule has 0 bridgehead atoms. The van der Waals surface area contributed by atoms with E-state index in [2.05, 4.69) is 10.2 Å². The summed E-state index contributed by atoms with van der Waals surface area (Å²) >= 11 is 0. The highest BCUT2D eigenvalue weighted by Gasteiger charge is 2.32. The molecule has 56 valence electrons. The third-order valence-corrected chi connectivity index (χ3v) is 2.33. The average molecular weight is 140 g/mol. The number of nitrogens with zero attached hydrogens (tertiary/aromatic N) is 1. The van der Waals surface area contributed by atoms with Crippen LogP contribution in [-0.4, -0.2) is 36.5 Å². The van der Waals surface area contributed by atoms with Crippen LogP contribution in [0, 0.1) is 0 Å². The highest BCUT2D eigenvalue weighted by Crippen LogP contribution is 2.15. The van der Waals surface area contributed by atoms with E-state index in [1.807, 2.05) is 0 Å². The molecule has 1 unspecified atom stereocenters. The van der Waals surface area contributed by atoms with E-state index in [4.69, 9.17) is 0 Å². The van der Waals surface area contributed by atoms with Crippen molar-refractivity contribution in [1.82, 2.24) is 10.2 Å². The molecule has 1 N–H and O–H groups in total. The Morgan fingerprint density at radius 3 is 3.30 bits per heavy atom. The van der Waals surface area contributed by atoms with Crippen LogP contribution in [0.1, 0.15) is 12.8 Å². The molecule has 2 saturated heterocycles. The lowest BCUT2D eigenvalue weighted by atomic mass is 10.0. The molecule has 0 aromatic heterocycles. The minimum atomic E-state index is 0.216. The zero-order chi connectivity index (χ0) is 6.97. The molecule has 0 aliphatic carbocycles. The van der Waals surface area contributed by atoms with Crippen molar-refractivity contribution in [3.8, 4) is 0 Å². The first-order valence-electron chi connectivity index (χ1n) is 3.85. The fourth-order valence-electron chi connectivity index (χ4n) is 1.76. The van der Waals surface area contributed by atoms with Crippen molar-refractivity contribution in [2.45, 2.75) is 18.9 Å². The number of hydrogen-bond donors (Lipinski definition) is 1. The van der Waals surface area contributed by atoms with Crippen molar-refractivity contribution in [2.75, 3.05) is 19.8 Å². The SMILES string of the molecule is O=C1CCCN2CNCC12. The molecule has 3 heteroatoms. The van der Waals surface area contributed by atoms with E-state index in [1.165, 1.54) is 0 Å². The van der Waals surface area contributed by atoms with E-state index in [1.54, 1.807) is 0 Å². The maximum atomic E-state index is 11.2. The van der Waals surface area contributed by atoms with E-state index in [0.717, 1.165) is 32.6 Å². The predicted molar refractivity (Wildman–Crippen MR) is 37.6 cm³/mol. The van der Waals surface area contributed by atoms with Crippen LogP contribution in [0.5, 0.6) is 0 Å². The van der Waals surface area contributed by atoms with Gasteiger partial charge in [-0.1, -0.05) is 0 Å². The Kier molecular flexibility index (Phi) is 1.47. The number of rotatable bonds is 0. The zero-order valence-electron chi connectivity index (χ0n) is 5.97. The Morgan fingerprint density at radius 1 is 1.60 bits per heavy atom. The minimum absolute atomic E-state index is 0.216. The molecule has 0 amide bonds. The van der Waals surface area contributed by atoms with Crippen molar-refractivity contribution in [3.05, 3.63) is 0 Å². The van der Waals surface area contributed by atoms with Crippen LogP contribution in [0.4, 0.5) is 0 Å². The van der Waals surface area contributed by atoms with Gasteiger partial charge in [-0.25, -0.2) is 0 Å². The lowest BCUT2D eigenvalue weighted by Crippen LogP contribution is -2.42. The first-order chi connectivity index (χ1) is 4.88. The Balaban J connectivity index is 2.10. The maximum Gasteiger partial charge on any atom is 0.151 e. The number of fused-ring (bicyclic) bond motifs is 1.